The summed E-state index contributed by atoms with van der Waals surface area (Å²) in [5.74, 6) is 1.12. The summed E-state index contributed by atoms with van der Waals surface area (Å²) in [6, 6.07) is 8.16. The van der Waals surface area contributed by atoms with Crippen LogP contribution in [0.25, 0.3) is 11.4 Å². The molecular weight excluding hydrogens is 332 g/mol. The zero-order valence-electron chi connectivity index (χ0n) is 12.4. The highest BCUT2D eigenvalue weighted by Crippen LogP contribution is 2.26. The first-order valence-electron chi connectivity index (χ1n) is 7.01. The Balaban J connectivity index is 2.41. The number of aromatic nitrogens is 3. The van der Waals surface area contributed by atoms with E-state index in [2.05, 4.69) is 43.1 Å². The predicted octanol–water partition coefficient (Wildman–Crippen LogP) is 3.91. The molecule has 1 aromatic heterocycles. The van der Waals surface area contributed by atoms with E-state index in [-0.39, 0.29) is 6.10 Å². The number of hydrogen-bond acceptors (Lipinski definition) is 5. The highest BCUT2D eigenvalue weighted by atomic mass is 79.9. The van der Waals surface area contributed by atoms with Gasteiger partial charge in [0.25, 0.3) is 0 Å². The van der Waals surface area contributed by atoms with Crippen LogP contribution >= 0.6 is 15.9 Å². The first-order chi connectivity index (χ1) is 10.1. The summed E-state index contributed by atoms with van der Waals surface area (Å²) < 4.78 is 6.56. The van der Waals surface area contributed by atoms with Crippen LogP contribution in [0.1, 0.15) is 27.2 Å². The standard InChI is InChI=1S/C15H19BrN4O/c1-4-9-17-14-18-13(11-7-5-6-8-12(11)16)19-15(20-14)21-10(2)3/h5-8,10H,4,9H2,1-3H3,(H,17,18,19,20). The number of ether oxygens (including phenoxy) is 1. The zero-order valence-corrected chi connectivity index (χ0v) is 14.0. The SMILES string of the molecule is CCCNc1nc(OC(C)C)nc(-c2ccccc2Br)n1. The molecule has 1 heterocycles. The molecule has 1 aromatic carbocycles. The molecule has 112 valence electrons. The van der Waals surface area contributed by atoms with Gasteiger partial charge in [0.2, 0.25) is 5.95 Å². The van der Waals surface area contributed by atoms with Gasteiger partial charge in [-0.15, -0.1) is 0 Å². The molecule has 21 heavy (non-hydrogen) atoms. The number of anilines is 1. The van der Waals surface area contributed by atoms with Gasteiger partial charge in [0, 0.05) is 16.6 Å². The van der Waals surface area contributed by atoms with Crippen molar-refractivity contribution in [2.24, 2.45) is 0 Å². The van der Waals surface area contributed by atoms with Crippen LogP contribution in [-0.2, 0) is 0 Å². The number of nitrogens with zero attached hydrogens (tertiary/aromatic N) is 3. The van der Waals surface area contributed by atoms with Crippen molar-refractivity contribution in [1.82, 2.24) is 15.0 Å². The molecular formula is C15H19BrN4O. The number of benzene rings is 1. The minimum atomic E-state index is 0.0125. The van der Waals surface area contributed by atoms with Crippen molar-refractivity contribution in [3.05, 3.63) is 28.7 Å². The Hall–Kier alpha value is -1.69. The molecule has 0 radical (unpaired) electrons. The van der Waals surface area contributed by atoms with Crippen LogP contribution in [-0.4, -0.2) is 27.6 Å². The third-order valence-corrected chi connectivity index (χ3v) is 3.30. The van der Waals surface area contributed by atoms with E-state index in [4.69, 9.17) is 4.74 Å². The molecule has 0 amide bonds. The molecule has 0 spiro atoms. The quantitative estimate of drug-likeness (QED) is 0.855. The van der Waals surface area contributed by atoms with Crippen molar-refractivity contribution in [2.75, 3.05) is 11.9 Å². The van der Waals surface area contributed by atoms with Crippen LogP contribution in [0.3, 0.4) is 0 Å². The van der Waals surface area contributed by atoms with E-state index in [9.17, 15) is 0 Å². The van der Waals surface area contributed by atoms with E-state index >= 15 is 0 Å². The lowest BCUT2D eigenvalue weighted by Crippen LogP contribution is -2.12. The van der Waals surface area contributed by atoms with Crippen molar-refractivity contribution in [1.29, 1.82) is 0 Å². The Morgan fingerprint density at radius 3 is 2.62 bits per heavy atom. The molecule has 0 bridgehead atoms. The zero-order chi connectivity index (χ0) is 15.2. The maximum atomic E-state index is 5.62. The van der Waals surface area contributed by atoms with Gasteiger partial charge < -0.3 is 10.1 Å². The minimum Gasteiger partial charge on any atom is -0.461 e. The van der Waals surface area contributed by atoms with Gasteiger partial charge in [-0.05, 0) is 26.3 Å². The third-order valence-electron chi connectivity index (χ3n) is 2.60. The molecule has 2 rings (SSSR count). The Kier molecular flexibility index (Phi) is 5.50. The lowest BCUT2D eigenvalue weighted by molar-refractivity contribution is 0.222. The van der Waals surface area contributed by atoms with Crippen LogP contribution in [0.5, 0.6) is 6.01 Å². The smallest absolute Gasteiger partial charge is 0.322 e. The van der Waals surface area contributed by atoms with Crippen LogP contribution in [0, 0.1) is 0 Å². The molecule has 0 saturated heterocycles. The fourth-order valence-electron chi connectivity index (χ4n) is 1.70. The first kappa shape index (κ1) is 15.7. The lowest BCUT2D eigenvalue weighted by Gasteiger charge is -2.11. The summed E-state index contributed by atoms with van der Waals surface area (Å²) >= 11 is 3.52. The summed E-state index contributed by atoms with van der Waals surface area (Å²) in [5, 5.41) is 3.18. The van der Waals surface area contributed by atoms with Crippen molar-refractivity contribution in [2.45, 2.75) is 33.3 Å². The van der Waals surface area contributed by atoms with Gasteiger partial charge in [0.05, 0.1) is 6.10 Å². The van der Waals surface area contributed by atoms with Crippen LogP contribution in [0.15, 0.2) is 28.7 Å². The number of rotatable bonds is 6. The molecule has 0 fully saturated rings. The van der Waals surface area contributed by atoms with Crippen LogP contribution in [0.4, 0.5) is 5.95 Å². The van der Waals surface area contributed by atoms with Crippen molar-refractivity contribution in [3.63, 3.8) is 0 Å². The largest absolute Gasteiger partial charge is 0.461 e. The molecule has 0 atom stereocenters. The fraction of sp³-hybridized carbons (Fsp3) is 0.400. The van der Waals surface area contributed by atoms with E-state index in [0.717, 1.165) is 23.0 Å². The van der Waals surface area contributed by atoms with Gasteiger partial charge in [-0.25, -0.2) is 0 Å². The summed E-state index contributed by atoms with van der Waals surface area (Å²) in [4.78, 5) is 13.2. The highest BCUT2D eigenvalue weighted by molar-refractivity contribution is 9.10. The Morgan fingerprint density at radius 2 is 1.95 bits per heavy atom. The summed E-state index contributed by atoms with van der Waals surface area (Å²) in [6.07, 6.45) is 1.01. The second-order valence-corrected chi connectivity index (χ2v) is 5.69. The maximum absolute atomic E-state index is 5.62. The molecule has 5 nitrogen and oxygen atoms in total. The van der Waals surface area contributed by atoms with Gasteiger partial charge in [0.15, 0.2) is 5.82 Å². The molecule has 0 aliphatic carbocycles. The monoisotopic (exact) mass is 350 g/mol. The van der Waals surface area contributed by atoms with Gasteiger partial charge in [0.1, 0.15) is 0 Å². The first-order valence-corrected chi connectivity index (χ1v) is 7.81. The predicted molar refractivity (Wildman–Crippen MR) is 87.5 cm³/mol. The summed E-state index contributed by atoms with van der Waals surface area (Å²) in [5.41, 5.74) is 0.910. The highest BCUT2D eigenvalue weighted by Gasteiger charge is 2.12. The van der Waals surface area contributed by atoms with Crippen molar-refractivity contribution >= 4 is 21.9 Å². The van der Waals surface area contributed by atoms with Gasteiger partial charge in [-0.2, -0.15) is 15.0 Å². The Labute approximate surface area is 133 Å². The third kappa shape index (κ3) is 4.39. The fourth-order valence-corrected chi connectivity index (χ4v) is 2.16. The molecule has 1 N–H and O–H groups in total. The van der Waals surface area contributed by atoms with Gasteiger partial charge in [-0.3, -0.25) is 0 Å². The van der Waals surface area contributed by atoms with E-state index in [1.165, 1.54) is 0 Å². The molecule has 0 unspecified atom stereocenters. The molecule has 0 saturated carbocycles. The molecule has 2 aromatic rings. The summed E-state index contributed by atoms with van der Waals surface area (Å²) in [7, 11) is 0. The van der Waals surface area contributed by atoms with E-state index in [0.29, 0.717) is 17.8 Å². The second kappa shape index (κ2) is 7.36. The minimum absolute atomic E-state index is 0.0125. The van der Waals surface area contributed by atoms with Crippen LogP contribution in [0.2, 0.25) is 0 Å². The average Bonchev–Trinajstić information content (AvgIpc) is 2.44. The van der Waals surface area contributed by atoms with E-state index in [1.54, 1.807) is 0 Å². The lowest BCUT2D eigenvalue weighted by atomic mass is 10.2. The van der Waals surface area contributed by atoms with Gasteiger partial charge in [-0.1, -0.05) is 41.1 Å². The number of hydrogen-bond donors (Lipinski definition) is 1. The Morgan fingerprint density at radius 1 is 1.19 bits per heavy atom. The average molecular weight is 351 g/mol. The molecule has 0 aliphatic rings. The van der Waals surface area contributed by atoms with E-state index < -0.39 is 0 Å². The topological polar surface area (TPSA) is 59.9 Å². The normalized spacial score (nSPS) is 10.7. The maximum Gasteiger partial charge on any atom is 0.322 e. The van der Waals surface area contributed by atoms with E-state index in [1.807, 2.05) is 38.1 Å². The van der Waals surface area contributed by atoms with Crippen LogP contribution < -0.4 is 10.1 Å². The van der Waals surface area contributed by atoms with Gasteiger partial charge >= 0.3 is 6.01 Å². The van der Waals surface area contributed by atoms with Crippen molar-refractivity contribution < 1.29 is 4.74 Å². The van der Waals surface area contributed by atoms with Crippen molar-refractivity contribution in [3.8, 4) is 17.4 Å². The number of halogens is 1. The Bertz CT molecular complexity index is 604. The molecule has 0 aliphatic heterocycles. The second-order valence-electron chi connectivity index (χ2n) is 4.84. The summed E-state index contributed by atoms with van der Waals surface area (Å²) in [6.45, 7) is 6.79. The molecule has 6 heteroatoms. The number of nitrogens with one attached hydrogen (secondary N) is 1.